The van der Waals surface area contributed by atoms with Gasteiger partial charge in [-0.1, -0.05) is 17.7 Å². The topological polar surface area (TPSA) is 80.8 Å². The lowest BCUT2D eigenvalue weighted by atomic mass is 9.92. The van der Waals surface area contributed by atoms with Crippen molar-refractivity contribution in [2.75, 3.05) is 20.7 Å². The second kappa shape index (κ2) is 8.65. The third-order valence-corrected chi connectivity index (χ3v) is 7.06. The van der Waals surface area contributed by atoms with E-state index in [0.29, 0.717) is 5.56 Å². The maximum absolute atomic E-state index is 12.7. The Labute approximate surface area is 176 Å². The van der Waals surface area contributed by atoms with Crippen LogP contribution in [0.5, 0.6) is 0 Å². The Kier molecular flexibility index (Phi) is 6.88. The number of hydrogen-bond acceptors (Lipinski definition) is 5. The summed E-state index contributed by atoms with van der Waals surface area (Å²) in [5, 5.41) is 0.0407. The average molecular weight is 438 g/mol. The number of carbonyl (C=O) groups excluding carboxylic acids is 2. The van der Waals surface area contributed by atoms with E-state index < -0.39 is 22.6 Å². The average Bonchev–Trinajstić information content (AvgIpc) is 2.64. The molecular weight excluding hydrogens is 414 g/mol. The number of sulfonamides is 1. The first-order valence-electron chi connectivity index (χ1n) is 8.87. The van der Waals surface area contributed by atoms with Gasteiger partial charge in [-0.05, 0) is 68.1 Å². The fourth-order valence-electron chi connectivity index (χ4n) is 2.95. The van der Waals surface area contributed by atoms with E-state index in [0.717, 1.165) is 32.6 Å². The van der Waals surface area contributed by atoms with Crippen molar-refractivity contribution in [3.63, 3.8) is 0 Å². The van der Waals surface area contributed by atoms with Gasteiger partial charge >= 0.3 is 5.97 Å². The number of Topliss-reactive ketones (excluding diaryl/α,β-unsaturated/α-hetero) is 1. The molecule has 0 aliphatic rings. The molecule has 0 saturated carbocycles. The van der Waals surface area contributed by atoms with Crippen molar-refractivity contribution in [3.8, 4) is 0 Å². The third-order valence-electron chi connectivity index (χ3n) is 4.92. The highest BCUT2D eigenvalue weighted by molar-refractivity contribution is 7.89. The normalized spacial score (nSPS) is 11.6. The van der Waals surface area contributed by atoms with Gasteiger partial charge < -0.3 is 4.74 Å². The Bertz CT molecular complexity index is 1060. The smallest absolute Gasteiger partial charge is 0.340 e. The molecule has 0 saturated heterocycles. The minimum atomic E-state index is -3.74. The molecule has 156 valence electrons. The number of carbonyl (C=O) groups is 2. The maximum Gasteiger partial charge on any atom is 0.340 e. The van der Waals surface area contributed by atoms with E-state index in [1.54, 1.807) is 0 Å². The highest BCUT2D eigenvalue weighted by atomic mass is 35.5. The fourth-order valence-corrected chi connectivity index (χ4v) is 4.07. The summed E-state index contributed by atoms with van der Waals surface area (Å²) < 4.78 is 30.8. The molecule has 29 heavy (non-hydrogen) atoms. The molecular formula is C21H24ClNO5S. The highest BCUT2D eigenvalue weighted by Crippen LogP contribution is 2.24. The first-order chi connectivity index (χ1) is 13.4. The molecule has 0 unspecified atom stereocenters. The summed E-state index contributed by atoms with van der Waals surface area (Å²) in [5.74, 6) is -1.19. The van der Waals surface area contributed by atoms with E-state index in [9.17, 15) is 18.0 Å². The van der Waals surface area contributed by atoms with Gasteiger partial charge in [0.25, 0.3) is 0 Å². The molecule has 8 heteroatoms. The minimum Gasteiger partial charge on any atom is -0.454 e. The van der Waals surface area contributed by atoms with Crippen LogP contribution in [-0.4, -0.2) is 45.2 Å². The van der Waals surface area contributed by atoms with E-state index in [1.807, 2.05) is 33.8 Å². The summed E-state index contributed by atoms with van der Waals surface area (Å²) in [7, 11) is -0.977. The summed E-state index contributed by atoms with van der Waals surface area (Å²) in [6.07, 6.45) is 0. The van der Waals surface area contributed by atoms with Gasteiger partial charge in [-0.2, -0.15) is 0 Å². The quantitative estimate of drug-likeness (QED) is 0.506. The van der Waals surface area contributed by atoms with Crippen LogP contribution in [0.25, 0.3) is 0 Å². The lowest BCUT2D eigenvalue weighted by molar-refractivity contribution is 0.0474. The molecule has 0 atom stereocenters. The number of nitrogens with zero attached hydrogens (tertiary/aromatic N) is 1. The molecule has 0 bridgehead atoms. The molecule has 0 radical (unpaired) electrons. The Hall–Kier alpha value is -2.22. The van der Waals surface area contributed by atoms with Crippen LogP contribution < -0.4 is 0 Å². The third kappa shape index (κ3) is 4.69. The zero-order valence-corrected chi connectivity index (χ0v) is 18.9. The number of hydrogen-bond donors (Lipinski definition) is 0. The molecule has 2 aromatic carbocycles. The molecule has 0 spiro atoms. The van der Waals surface area contributed by atoms with Crippen molar-refractivity contribution in [3.05, 3.63) is 62.7 Å². The molecule has 0 aromatic heterocycles. The van der Waals surface area contributed by atoms with Crippen LogP contribution in [0, 0.1) is 27.7 Å². The Morgan fingerprint density at radius 3 is 2.07 bits per heavy atom. The Morgan fingerprint density at radius 1 is 1.00 bits per heavy atom. The predicted molar refractivity (Wildman–Crippen MR) is 112 cm³/mol. The van der Waals surface area contributed by atoms with Gasteiger partial charge in [0.15, 0.2) is 6.61 Å². The standard InChI is InChI=1S/C21H24ClNO5S/c1-12-9-13(2)15(4)20(14(12)3)19(24)11-28-21(25)17-10-16(7-8-18(17)22)29(26,27)23(5)6/h7-10H,11H2,1-6H3. The van der Waals surface area contributed by atoms with Gasteiger partial charge in [0.2, 0.25) is 15.8 Å². The molecule has 0 N–H and O–H groups in total. The van der Waals surface area contributed by atoms with Crippen molar-refractivity contribution < 1.29 is 22.7 Å². The van der Waals surface area contributed by atoms with E-state index in [2.05, 4.69) is 0 Å². The molecule has 6 nitrogen and oxygen atoms in total. The van der Waals surface area contributed by atoms with Crippen molar-refractivity contribution in [2.24, 2.45) is 0 Å². The van der Waals surface area contributed by atoms with E-state index in [4.69, 9.17) is 16.3 Å². The molecule has 2 aromatic rings. The van der Waals surface area contributed by atoms with Crippen LogP contribution in [0.2, 0.25) is 5.02 Å². The van der Waals surface area contributed by atoms with E-state index >= 15 is 0 Å². The van der Waals surface area contributed by atoms with Crippen LogP contribution in [0.1, 0.15) is 43.0 Å². The number of ether oxygens (including phenoxy) is 1. The summed E-state index contributed by atoms with van der Waals surface area (Å²) >= 11 is 6.05. The number of aryl methyl sites for hydroxylation is 2. The van der Waals surface area contributed by atoms with Crippen molar-refractivity contribution in [1.29, 1.82) is 0 Å². The fraction of sp³-hybridized carbons (Fsp3) is 0.333. The summed E-state index contributed by atoms with van der Waals surface area (Å²) in [5.41, 5.74) is 4.05. The molecule has 0 heterocycles. The second-order valence-corrected chi connectivity index (χ2v) is 9.62. The van der Waals surface area contributed by atoms with E-state index in [1.165, 1.54) is 26.2 Å². The van der Waals surface area contributed by atoms with Gasteiger partial charge in [-0.25, -0.2) is 17.5 Å². The lowest BCUT2D eigenvalue weighted by Crippen LogP contribution is -2.23. The van der Waals surface area contributed by atoms with Crippen LogP contribution >= 0.6 is 11.6 Å². The number of halogens is 1. The van der Waals surface area contributed by atoms with Crippen LogP contribution in [0.4, 0.5) is 0 Å². The van der Waals surface area contributed by atoms with Crippen molar-refractivity contribution >= 4 is 33.4 Å². The maximum atomic E-state index is 12.7. The van der Waals surface area contributed by atoms with Crippen LogP contribution in [-0.2, 0) is 14.8 Å². The van der Waals surface area contributed by atoms with E-state index in [-0.39, 0.29) is 21.3 Å². The summed E-state index contributed by atoms with van der Waals surface area (Å²) in [4.78, 5) is 25.1. The van der Waals surface area contributed by atoms with Crippen molar-refractivity contribution in [1.82, 2.24) is 4.31 Å². The van der Waals surface area contributed by atoms with Gasteiger partial charge in [-0.3, -0.25) is 4.79 Å². The highest BCUT2D eigenvalue weighted by Gasteiger charge is 2.23. The number of benzene rings is 2. The molecule has 0 fully saturated rings. The monoisotopic (exact) mass is 437 g/mol. The zero-order valence-electron chi connectivity index (χ0n) is 17.3. The molecule has 2 rings (SSSR count). The van der Waals surface area contributed by atoms with Gasteiger partial charge in [-0.15, -0.1) is 0 Å². The predicted octanol–water partition coefficient (Wildman–Crippen LogP) is 3.86. The van der Waals surface area contributed by atoms with Gasteiger partial charge in [0.05, 0.1) is 15.5 Å². The molecule has 0 aliphatic carbocycles. The van der Waals surface area contributed by atoms with Crippen LogP contribution in [0.3, 0.4) is 0 Å². The largest absolute Gasteiger partial charge is 0.454 e. The zero-order chi connectivity index (χ0) is 22.1. The number of esters is 1. The van der Waals surface area contributed by atoms with Crippen molar-refractivity contribution in [2.45, 2.75) is 32.6 Å². The first kappa shape index (κ1) is 23.1. The number of rotatable bonds is 6. The second-order valence-electron chi connectivity index (χ2n) is 7.06. The van der Waals surface area contributed by atoms with Gasteiger partial charge in [0.1, 0.15) is 0 Å². The Morgan fingerprint density at radius 2 is 1.55 bits per heavy atom. The number of ketones is 1. The van der Waals surface area contributed by atoms with Gasteiger partial charge in [0, 0.05) is 19.7 Å². The lowest BCUT2D eigenvalue weighted by Gasteiger charge is -2.15. The summed E-state index contributed by atoms with van der Waals surface area (Å²) in [6, 6.07) is 5.78. The molecule has 0 amide bonds. The van der Waals surface area contributed by atoms with Crippen LogP contribution in [0.15, 0.2) is 29.2 Å². The first-order valence-corrected chi connectivity index (χ1v) is 10.7. The minimum absolute atomic E-state index is 0.0407. The summed E-state index contributed by atoms with van der Waals surface area (Å²) in [6.45, 7) is 7.07. The SMILES string of the molecule is Cc1cc(C)c(C)c(C(=O)COC(=O)c2cc(S(=O)(=O)N(C)C)ccc2Cl)c1C. The Balaban J connectivity index is 2.28. The molecule has 0 aliphatic heterocycles.